The molecule has 0 amide bonds. The minimum Gasteiger partial charge on any atom is -0.508 e. The van der Waals surface area contributed by atoms with E-state index in [9.17, 15) is 34.5 Å². The van der Waals surface area contributed by atoms with Crippen LogP contribution in [0, 0.1) is 0 Å². The number of hydrogen-bond donors (Lipinski definition) is 3. The van der Waals surface area contributed by atoms with Gasteiger partial charge in [-0.2, -0.15) is 0 Å². The Morgan fingerprint density at radius 3 is 1.43 bits per heavy atom. The molecule has 0 spiro atoms. The number of hydrogen-bond acceptors (Lipinski definition) is 11. The van der Waals surface area contributed by atoms with Crippen LogP contribution < -0.4 is 18.9 Å². The summed E-state index contributed by atoms with van der Waals surface area (Å²) in [4.78, 5) is 51.6. The highest BCUT2D eigenvalue weighted by Gasteiger charge is 2.34. The average molecular weight is 629 g/mol. The van der Waals surface area contributed by atoms with Crippen LogP contribution in [0.15, 0.2) is 78.9 Å². The van der Waals surface area contributed by atoms with Gasteiger partial charge >= 0.3 is 23.9 Å². The molecule has 0 saturated carbocycles. The molecule has 0 unspecified atom stereocenters. The molecule has 0 aromatic heterocycles. The molecule has 0 aliphatic carbocycles. The lowest BCUT2D eigenvalue weighted by atomic mass is 9.94. The van der Waals surface area contributed by atoms with Gasteiger partial charge in [-0.05, 0) is 54.3 Å². The summed E-state index contributed by atoms with van der Waals surface area (Å²) < 4.78 is 23.0. The van der Waals surface area contributed by atoms with Crippen molar-refractivity contribution in [3.63, 3.8) is 0 Å². The van der Waals surface area contributed by atoms with Gasteiger partial charge in [-0.15, -0.1) is 0 Å². The molecular weight excluding hydrogens is 596 g/mol. The molecule has 0 bridgehead atoms. The third kappa shape index (κ3) is 8.48. The van der Waals surface area contributed by atoms with Gasteiger partial charge < -0.3 is 34.3 Å². The minimum absolute atomic E-state index is 0.108. The number of carbonyl (C=O) groups excluding carboxylic acids is 4. The van der Waals surface area contributed by atoms with Crippen LogP contribution >= 0.6 is 0 Å². The largest absolute Gasteiger partial charge is 0.508 e. The summed E-state index contributed by atoms with van der Waals surface area (Å²) in [6.45, 7) is 3.60. The molecule has 0 fully saturated rings. The number of ether oxygens (including phenoxy) is 4. The number of aryl methyl sites for hydroxylation is 1. The van der Waals surface area contributed by atoms with Crippen molar-refractivity contribution >= 4 is 23.9 Å². The summed E-state index contributed by atoms with van der Waals surface area (Å²) in [5, 5.41) is 29.9. The number of carbonyl (C=O) groups is 4. The third-order valence-electron chi connectivity index (χ3n) is 6.48. The van der Waals surface area contributed by atoms with Gasteiger partial charge in [0.15, 0.2) is 23.0 Å². The lowest BCUT2D eigenvalue weighted by Crippen LogP contribution is -2.19. The van der Waals surface area contributed by atoms with Crippen LogP contribution in [-0.4, -0.2) is 45.3 Å². The lowest BCUT2D eigenvalue weighted by Gasteiger charge is -2.24. The molecule has 11 heteroatoms. The maximum atomic E-state index is 13.5. The Morgan fingerprint density at radius 2 is 1.02 bits per heavy atom. The van der Waals surface area contributed by atoms with Crippen LogP contribution in [0.2, 0.25) is 0 Å². The van der Waals surface area contributed by atoms with Crippen LogP contribution in [0.3, 0.4) is 0 Å². The van der Waals surface area contributed by atoms with Crippen molar-refractivity contribution in [2.75, 3.05) is 0 Å². The number of phenols is 2. The van der Waals surface area contributed by atoms with Gasteiger partial charge in [-0.3, -0.25) is 19.2 Å². The van der Waals surface area contributed by atoms with E-state index in [-0.39, 0.29) is 63.2 Å². The highest BCUT2D eigenvalue weighted by Crippen LogP contribution is 2.57. The van der Waals surface area contributed by atoms with Crippen LogP contribution in [0.5, 0.6) is 34.5 Å². The second-order valence-corrected chi connectivity index (χ2v) is 10.3. The van der Waals surface area contributed by atoms with Crippen molar-refractivity contribution in [3.05, 3.63) is 84.4 Å². The normalized spacial score (nSPS) is 11.3. The zero-order valence-electron chi connectivity index (χ0n) is 25.3. The maximum absolute atomic E-state index is 13.5. The Kier molecular flexibility index (Phi) is 10.7. The van der Waals surface area contributed by atoms with Gasteiger partial charge in [-0.1, -0.05) is 54.6 Å². The van der Waals surface area contributed by atoms with Crippen LogP contribution in [0.25, 0.3) is 22.3 Å². The molecule has 11 nitrogen and oxygen atoms in total. The summed E-state index contributed by atoms with van der Waals surface area (Å²) in [6, 6.07) is 20.2. The fraction of sp³-hybridized carbons (Fsp3) is 0.200. The predicted molar refractivity (Wildman–Crippen MR) is 166 cm³/mol. The van der Waals surface area contributed by atoms with E-state index in [0.29, 0.717) is 6.42 Å². The molecule has 4 aromatic rings. The first kappa shape index (κ1) is 33.2. The highest BCUT2D eigenvalue weighted by molar-refractivity contribution is 5.98. The van der Waals surface area contributed by atoms with Crippen molar-refractivity contribution in [1.82, 2.24) is 0 Å². The smallest absolute Gasteiger partial charge is 0.313 e. The Bertz CT molecular complexity index is 1730. The van der Waals surface area contributed by atoms with Crippen LogP contribution in [-0.2, 0) is 25.6 Å². The van der Waals surface area contributed by atoms with Gasteiger partial charge in [0.05, 0.1) is 23.7 Å². The summed E-state index contributed by atoms with van der Waals surface area (Å²) in [5.74, 6) is -5.02. The highest BCUT2D eigenvalue weighted by atomic mass is 16.6. The van der Waals surface area contributed by atoms with Crippen molar-refractivity contribution in [1.29, 1.82) is 0 Å². The van der Waals surface area contributed by atoms with Crippen LogP contribution in [0.1, 0.15) is 39.2 Å². The van der Waals surface area contributed by atoms with Gasteiger partial charge in [-0.25, -0.2) is 0 Å². The zero-order chi connectivity index (χ0) is 33.4. The first-order valence-electron chi connectivity index (χ1n) is 14.3. The minimum atomic E-state index is -1.11. The van der Waals surface area contributed by atoms with Crippen molar-refractivity contribution in [3.8, 4) is 56.8 Å². The molecular formula is C35H32O11. The molecule has 238 valence electrons. The van der Waals surface area contributed by atoms with E-state index in [1.165, 1.54) is 55.5 Å². The fourth-order valence-electron chi connectivity index (χ4n) is 4.57. The number of aliphatic hydroxyl groups excluding tert-OH is 1. The Balaban J connectivity index is 2.09. The van der Waals surface area contributed by atoms with E-state index in [1.54, 1.807) is 0 Å². The molecule has 4 rings (SSSR count). The topological polar surface area (TPSA) is 166 Å². The second kappa shape index (κ2) is 14.9. The van der Waals surface area contributed by atoms with Crippen molar-refractivity contribution in [2.45, 2.75) is 46.1 Å². The summed E-state index contributed by atoms with van der Waals surface area (Å²) >= 11 is 0. The van der Waals surface area contributed by atoms with Gasteiger partial charge in [0, 0.05) is 20.3 Å². The second-order valence-electron chi connectivity index (χ2n) is 10.3. The molecule has 0 saturated heterocycles. The quantitative estimate of drug-likeness (QED) is 0.142. The number of phenolic OH excluding ortho intramolecular Hbond substituents is 2. The van der Waals surface area contributed by atoms with Gasteiger partial charge in [0.1, 0.15) is 11.5 Å². The number of esters is 4. The van der Waals surface area contributed by atoms with E-state index in [2.05, 4.69) is 0 Å². The van der Waals surface area contributed by atoms with E-state index in [4.69, 9.17) is 18.9 Å². The predicted octanol–water partition coefficient (Wildman–Crippen LogP) is 5.50. The number of benzene rings is 4. The maximum Gasteiger partial charge on any atom is 0.313 e. The SMILES string of the molecule is CC(=O)Oc1c(OC(C)=O)c(-c2ccc(O)cc2)c(OC(=O)C[C@H](C)O)c(OC(=O)CCc2ccccc2)c1-c1ccc(O)cc1. The first-order valence-corrected chi connectivity index (χ1v) is 14.3. The molecule has 0 radical (unpaired) electrons. The number of aliphatic hydroxyl groups is 1. The molecule has 0 aliphatic heterocycles. The lowest BCUT2D eigenvalue weighted by molar-refractivity contribution is -0.138. The summed E-state index contributed by atoms with van der Waals surface area (Å²) in [6.07, 6.45) is -1.37. The average Bonchev–Trinajstić information content (AvgIpc) is 2.99. The molecule has 0 aliphatic rings. The van der Waals surface area contributed by atoms with Crippen molar-refractivity contribution < 1.29 is 53.4 Å². The monoisotopic (exact) mass is 628 g/mol. The fourth-order valence-corrected chi connectivity index (χ4v) is 4.57. The van der Waals surface area contributed by atoms with E-state index < -0.39 is 36.4 Å². The third-order valence-corrected chi connectivity index (χ3v) is 6.48. The molecule has 4 aromatic carbocycles. The Morgan fingerprint density at radius 1 is 0.609 bits per heavy atom. The van der Waals surface area contributed by atoms with Gasteiger partial charge in [0.2, 0.25) is 0 Å². The molecule has 1 atom stereocenters. The molecule has 3 N–H and O–H groups in total. The van der Waals surface area contributed by atoms with Crippen molar-refractivity contribution in [2.24, 2.45) is 0 Å². The van der Waals surface area contributed by atoms with Crippen LogP contribution in [0.4, 0.5) is 0 Å². The van der Waals surface area contributed by atoms with E-state index in [1.807, 2.05) is 30.3 Å². The molecule has 0 heterocycles. The zero-order valence-corrected chi connectivity index (χ0v) is 25.3. The van der Waals surface area contributed by atoms with E-state index in [0.717, 1.165) is 19.4 Å². The summed E-state index contributed by atoms with van der Waals surface area (Å²) in [5.41, 5.74) is 1.05. The standard InChI is InChI=1S/C35H32O11/c1-20(36)19-29(42)46-35-31(25-12-16-27(40)17-13-25)33(44-22(3)38)32(43-21(2)37)30(24-10-14-26(39)15-11-24)34(35)45-28(41)18-9-23-7-5-4-6-8-23/h4-8,10-17,20,36,39-40H,9,18-19H2,1-3H3/t20-/m0/s1. The summed E-state index contributed by atoms with van der Waals surface area (Å²) in [7, 11) is 0. The number of aromatic hydroxyl groups is 2. The molecule has 46 heavy (non-hydrogen) atoms. The number of rotatable bonds is 11. The Hall–Kier alpha value is -5.68. The van der Waals surface area contributed by atoms with E-state index >= 15 is 0 Å². The Labute approximate surface area is 264 Å². The first-order chi connectivity index (χ1) is 21.9. The van der Waals surface area contributed by atoms with Gasteiger partial charge in [0.25, 0.3) is 0 Å².